The van der Waals surface area contributed by atoms with Gasteiger partial charge in [-0.25, -0.2) is 0 Å². The van der Waals surface area contributed by atoms with E-state index in [0.29, 0.717) is 0 Å². The summed E-state index contributed by atoms with van der Waals surface area (Å²) in [6.07, 6.45) is 7.23. The maximum atomic E-state index is 11.7. The molecule has 0 aromatic rings. The standard InChI is InChI=1S/C11H26N2OP/c1-4-6-8-10-13(15(14)12-3)11-9-7-5-2/h4-11H2,1-3H3,(H,12,14)/q+1. The van der Waals surface area contributed by atoms with E-state index in [0.717, 1.165) is 25.9 Å². The first-order valence-corrected chi connectivity index (χ1v) is 7.37. The van der Waals surface area contributed by atoms with Crippen molar-refractivity contribution in [3.8, 4) is 0 Å². The Balaban J connectivity index is 3.79. The molecule has 1 unspecified atom stereocenters. The van der Waals surface area contributed by atoms with E-state index < -0.39 is 8.10 Å². The fraction of sp³-hybridized carbons (Fsp3) is 1.00. The summed E-state index contributed by atoms with van der Waals surface area (Å²) in [4.78, 5) is 0. The van der Waals surface area contributed by atoms with Crippen LogP contribution in [0.2, 0.25) is 0 Å². The van der Waals surface area contributed by atoms with Crippen LogP contribution in [0.4, 0.5) is 0 Å². The quantitative estimate of drug-likeness (QED) is 0.462. The van der Waals surface area contributed by atoms with Gasteiger partial charge in [-0.1, -0.05) is 49.3 Å². The third-order valence-corrected chi connectivity index (χ3v) is 3.78. The molecule has 0 heterocycles. The van der Waals surface area contributed by atoms with E-state index in [2.05, 4.69) is 23.6 Å². The minimum absolute atomic E-state index is 0.966. The molecule has 0 aliphatic rings. The molecule has 0 amide bonds. The van der Waals surface area contributed by atoms with E-state index in [1.165, 1.54) is 25.7 Å². The molecule has 0 aliphatic heterocycles. The summed E-state index contributed by atoms with van der Waals surface area (Å²) < 4.78 is 13.7. The lowest BCUT2D eigenvalue weighted by Gasteiger charge is -2.09. The van der Waals surface area contributed by atoms with Crippen LogP contribution in [0.1, 0.15) is 52.4 Å². The van der Waals surface area contributed by atoms with Crippen molar-refractivity contribution < 1.29 is 4.57 Å². The van der Waals surface area contributed by atoms with Gasteiger partial charge in [-0.3, -0.25) is 0 Å². The maximum Gasteiger partial charge on any atom is 0.534 e. The van der Waals surface area contributed by atoms with Crippen molar-refractivity contribution in [2.45, 2.75) is 52.4 Å². The molecule has 15 heavy (non-hydrogen) atoms. The Labute approximate surface area is 95.5 Å². The summed E-state index contributed by atoms with van der Waals surface area (Å²) in [5, 5.41) is 2.85. The zero-order chi connectivity index (χ0) is 11.5. The van der Waals surface area contributed by atoms with E-state index in [4.69, 9.17) is 0 Å². The number of nitrogens with one attached hydrogen (secondary N) is 1. The molecule has 0 saturated heterocycles. The van der Waals surface area contributed by atoms with Gasteiger partial charge < -0.3 is 0 Å². The Bertz CT molecular complexity index is 155. The van der Waals surface area contributed by atoms with Crippen LogP contribution in [0, 0.1) is 0 Å². The van der Waals surface area contributed by atoms with E-state index in [1.54, 1.807) is 7.05 Å². The minimum atomic E-state index is -1.34. The molecule has 0 fully saturated rings. The first kappa shape index (κ1) is 15.0. The summed E-state index contributed by atoms with van der Waals surface area (Å²) in [5.74, 6) is 0. The van der Waals surface area contributed by atoms with Crippen LogP contribution in [0.15, 0.2) is 0 Å². The highest BCUT2D eigenvalue weighted by atomic mass is 31.1. The predicted molar refractivity (Wildman–Crippen MR) is 67.3 cm³/mol. The lowest BCUT2D eigenvalue weighted by molar-refractivity contribution is 0.395. The van der Waals surface area contributed by atoms with Crippen molar-refractivity contribution in [1.82, 2.24) is 9.76 Å². The van der Waals surface area contributed by atoms with Crippen molar-refractivity contribution in [2.75, 3.05) is 20.1 Å². The molecule has 1 N–H and O–H groups in total. The second-order valence-electron chi connectivity index (χ2n) is 3.86. The lowest BCUT2D eigenvalue weighted by Crippen LogP contribution is -2.22. The van der Waals surface area contributed by atoms with Crippen molar-refractivity contribution in [3.63, 3.8) is 0 Å². The topological polar surface area (TPSA) is 32.3 Å². The Morgan fingerprint density at radius 1 is 1.00 bits per heavy atom. The van der Waals surface area contributed by atoms with Crippen LogP contribution in [-0.2, 0) is 4.57 Å². The fourth-order valence-corrected chi connectivity index (χ4v) is 2.45. The average molecular weight is 233 g/mol. The SMILES string of the molecule is CCCCCN(CCCCC)[P+](=O)NC. The van der Waals surface area contributed by atoms with Crippen LogP contribution in [0.5, 0.6) is 0 Å². The van der Waals surface area contributed by atoms with Crippen molar-refractivity contribution in [1.29, 1.82) is 0 Å². The van der Waals surface area contributed by atoms with E-state index in [-0.39, 0.29) is 0 Å². The molecule has 0 spiro atoms. The molecular weight excluding hydrogens is 207 g/mol. The molecule has 90 valence electrons. The van der Waals surface area contributed by atoms with Gasteiger partial charge in [0.15, 0.2) is 0 Å². The molecule has 0 saturated carbocycles. The van der Waals surface area contributed by atoms with Gasteiger partial charge in [0.25, 0.3) is 0 Å². The van der Waals surface area contributed by atoms with Gasteiger partial charge in [-0.05, 0) is 17.4 Å². The zero-order valence-electron chi connectivity index (χ0n) is 10.5. The highest BCUT2D eigenvalue weighted by Gasteiger charge is 2.24. The second-order valence-corrected chi connectivity index (χ2v) is 5.42. The number of nitrogens with zero attached hydrogens (tertiary/aromatic N) is 1. The molecular formula is C11H26N2OP+. The highest BCUT2D eigenvalue weighted by molar-refractivity contribution is 7.39. The third-order valence-electron chi connectivity index (χ3n) is 2.49. The third kappa shape index (κ3) is 7.89. The van der Waals surface area contributed by atoms with E-state index in [1.807, 2.05) is 0 Å². The van der Waals surface area contributed by atoms with Gasteiger partial charge in [0.1, 0.15) is 0 Å². The smallest absolute Gasteiger partial charge is 0.0943 e. The summed E-state index contributed by atoms with van der Waals surface area (Å²) in [7, 11) is 0.428. The molecule has 0 aliphatic carbocycles. The first-order valence-electron chi connectivity index (χ1n) is 6.15. The fourth-order valence-electron chi connectivity index (χ4n) is 1.52. The number of hydrogen-bond acceptors (Lipinski definition) is 1. The molecule has 4 heteroatoms. The van der Waals surface area contributed by atoms with Gasteiger partial charge in [0.05, 0.1) is 0 Å². The highest BCUT2D eigenvalue weighted by Crippen LogP contribution is 2.22. The monoisotopic (exact) mass is 233 g/mol. The summed E-state index contributed by atoms with van der Waals surface area (Å²) in [5.41, 5.74) is 0. The normalized spacial score (nSPS) is 12.1. The van der Waals surface area contributed by atoms with Crippen LogP contribution < -0.4 is 5.09 Å². The Morgan fingerprint density at radius 3 is 1.80 bits per heavy atom. The van der Waals surface area contributed by atoms with Gasteiger partial charge in [-0.2, -0.15) is 0 Å². The van der Waals surface area contributed by atoms with Crippen LogP contribution >= 0.6 is 8.10 Å². The second kappa shape index (κ2) is 10.5. The van der Waals surface area contributed by atoms with Gasteiger partial charge >= 0.3 is 8.10 Å². The largest absolute Gasteiger partial charge is 0.534 e. The van der Waals surface area contributed by atoms with Crippen molar-refractivity contribution >= 4 is 8.10 Å². The minimum Gasteiger partial charge on any atom is -0.0943 e. The first-order chi connectivity index (χ1) is 7.26. The number of unbranched alkanes of at least 4 members (excludes halogenated alkanes) is 4. The summed E-state index contributed by atoms with van der Waals surface area (Å²) in [6, 6.07) is 0. The van der Waals surface area contributed by atoms with Crippen LogP contribution in [0.3, 0.4) is 0 Å². The molecule has 3 nitrogen and oxygen atoms in total. The maximum absolute atomic E-state index is 11.7. The predicted octanol–water partition coefficient (Wildman–Crippen LogP) is 3.55. The number of hydrogen-bond donors (Lipinski definition) is 1. The lowest BCUT2D eigenvalue weighted by atomic mass is 10.2. The van der Waals surface area contributed by atoms with Crippen molar-refractivity contribution in [2.24, 2.45) is 0 Å². The Morgan fingerprint density at radius 2 is 1.47 bits per heavy atom. The molecule has 0 aromatic carbocycles. The Kier molecular flexibility index (Phi) is 10.5. The average Bonchev–Trinajstić information content (AvgIpc) is 2.26. The number of rotatable bonds is 10. The molecule has 0 aromatic heterocycles. The summed E-state index contributed by atoms with van der Waals surface area (Å²) in [6.45, 7) is 6.32. The van der Waals surface area contributed by atoms with Gasteiger partial charge in [-0.15, -0.1) is 0 Å². The Hall–Kier alpha value is 0.0200. The zero-order valence-corrected chi connectivity index (χ0v) is 11.4. The molecule has 1 atom stereocenters. The van der Waals surface area contributed by atoms with Gasteiger partial charge in [0, 0.05) is 20.1 Å². The van der Waals surface area contributed by atoms with E-state index in [9.17, 15) is 4.57 Å². The van der Waals surface area contributed by atoms with Crippen LogP contribution in [0.25, 0.3) is 0 Å². The molecule has 0 bridgehead atoms. The van der Waals surface area contributed by atoms with Crippen LogP contribution in [-0.4, -0.2) is 24.8 Å². The molecule has 0 rings (SSSR count). The summed E-state index contributed by atoms with van der Waals surface area (Å²) >= 11 is 0. The van der Waals surface area contributed by atoms with E-state index >= 15 is 0 Å². The molecule has 0 radical (unpaired) electrons. The van der Waals surface area contributed by atoms with Gasteiger partial charge in [0.2, 0.25) is 0 Å². The van der Waals surface area contributed by atoms with Crippen molar-refractivity contribution in [3.05, 3.63) is 0 Å².